The first-order valence-electron chi connectivity index (χ1n) is 7.71. The van der Waals surface area contributed by atoms with Gasteiger partial charge in [0.15, 0.2) is 11.5 Å². The Morgan fingerprint density at radius 1 is 1.08 bits per heavy atom. The van der Waals surface area contributed by atoms with E-state index in [0.717, 1.165) is 0 Å². The van der Waals surface area contributed by atoms with Crippen LogP contribution < -0.4 is 9.47 Å². The molecule has 6 heteroatoms. The lowest BCUT2D eigenvalue weighted by Gasteiger charge is -2.14. The van der Waals surface area contributed by atoms with E-state index in [-0.39, 0.29) is 11.0 Å². The van der Waals surface area contributed by atoms with Crippen LogP contribution in [0.1, 0.15) is 26.3 Å². The maximum absolute atomic E-state index is 12.2. The van der Waals surface area contributed by atoms with E-state index in [1.54, 1.807) is 36.4 Å². The van der Waals surface area contributed by atoms with Crippen LogP contribution in [-0.2, 0) is 10.0 Å². The Hall–Kier alpha value is -2.34. The predicted octanol–water partition coefficient (Wildman–Crippen LogP) is 3.68. The maximum Gasteiger partial charge on any atom is 0.282 e. The third-order valence-electron chi connectivity index (χ3n) is 3.01. The van der Waals surface area contributed by atoms with Crippen molar-refractivity contribution in [2.45, 2.75) is 31.8 Å². The van der Waals surface area contributed by atoms with Gasteiger partial charge in [0.25, 0.3) is 10.0 Å². The molecule has 0 amide bonds. The molecule has 0 spiro atoms. The molecule has 0 saturated carbocycles. The van der Waals surface area contributed by atoms with Crippen molar-refractivity contribution in [1.82, 2.24) is 0 Å². The van der Waals surface area contributed by atoms with Gasteiger partial charge in [-0.15, -0.1) is 0 Å². The molecule has 0 atom stereocenters. The van der Waals surface area contributed by atoms with Gasteiger partial charge in [0, 0.05) is 6.21 Å². The quantitative estimate of drug-likeness (QED) is 0.717. The summed E-state index contributed by atoms with van der Waals surface area (Å²) in [6.45, 7) is 6.21. The third kappa shape index (κ3) is 4.83. The highest BCUT2D eigenvalue weighted by Gasteiger charge is 2.11. The average Bonchev–Trinajstić information content (AvgIpc) is 2.56. The molecule has 5 nitrogen and oxygen atoms in total. The molecule has 0 heterocycles. The van der Waals surface area contributed by atoms with Crippen LogP contribution in [0.25, 0.3) is 0 Å². The molecule has 2 rings (SSSR count). The largest absolute Gasteiger partial charge is 0.490 e. The fourth-order valence-electron chi connectivity index (χ4n) is 2.01. The number of sulfonamides is 1. The molecule has 0 bridgehead atoms. The van der Waals surface area contributed by atoms with Crippen LogP contribution in [0.5, 0.6) is 11.5 Å². The molecule has 0 radical (unpaired) electrons. The average molecular weight is 347 g/mol. The van der Waals surface area contributed by atoms with Crippen molar-refractivity contribution >= 4 is 16.2 Å². The lowest BCUT2D eigenvalue weighted by molar-refractivity contribution is 0.224. The van der Waals surface area contributed by atoms with Crippen molar-refractivity contribution in [2.24, 2.45) is 4.40 Å². The zero-order valence-electron chi connectivity index (χ0n) is 14.0. The van der Waals surface area contributed by atoms with E-state index in [1.165, 1.54) is 18.3 Å². The van der Waals surface area contributed by atoms with Gasteiger partial charge in [-0.3, -0.25) is 0 Å². The first-order chi connectivity index (χ1) is 11.4. The number of benzene rings is 2. The fraction of sp³-hybridized carbons (Fsp3) is 0.278. The summed E-state index contributed by atoms with van der Waals surface area (Å²) >= 11 is 0. The monoisotopic (exact) mass is 347 g/mol. The SMILES string of the molecule is CCOc1cc(/C=N\S(=O)(=O)c2ccccc2)ccc1OC(C)C. The molecule has 2 aromatic rings. The summed E-state index contributed by atoms with van der Waals surface area (Å²) in [6, 6.07) is 13.3. The number of ether oxygens (including phenoxy) is 2. The zero-order valence-corrected chi connectivity index (χ0v) is 14.8. The van der Waals surface area contributed by atoms with E-state index in [2.05, 4.69) is 4.40 Å². The Kier molecular flexibility index (Phi) is 5.98. The molecule has 0 unspecified atom stereocenters. The van der Waals surface area contributed by atoms with E-state index in [0.29, 0.717) is 23.7 Å². The first-order valence-corrected chi connectivity index (χ1v) is 9.15. The van der Waals surface area contributed by atoms with Crippen molar-refractivity contribution in [3.05, 3.63) is 54.1 Å². The van der Waals surface area contributed by atoms with Crippen LogP contribution in [0.3, 0.4) is 0 Å². The van der Waals surface area contributed by atoms with Gasteiger partial charge in [-0.1, -0.05) is 18.2 Å². The van der Waals surface area contributed by atoms with E-state index < -0.39 is 10.0 Å². The molecule has 24 heavy (non-hydrogen) atoms. The van der Waals surface area contributed by atoms with E-state index in [4.69, 9.17) is 9.47 Å². The topological polar surface area (TPSA) is 65.0 Å². The molecule has 0 aliphatic carbocycles. The molecule has 0 saturated heterocycles. The third-order valence-corrected chi connectivity index (χ3v) is 4.26. The lowest BCUT2D eigenvalue weighted by atomic mass is 10.2. The molecule has 0 fully saturated rings. The van der Waals surface area contributed by atoms with Gasteiger partial charge in [-0.2, -0.15) is 12.8 Å². The highest BCUT2D eigenvalue weighted by molar-refractivity contribution is 7.90. The molecular weight excluding hydrogens is 326 g/mol. The molecule has 0 aliphatic rings. The summed E-state index contributed by atoms with van der Waals surface area (Å²) in [5, 5.41) is 0. The first kappa shape index (κ1) is 18.0. The van der Waals surface area contributed by atoms with Crippen molar-refractivity contribution in [2.75, 3.05) is 6.61 Å². The van der Waals surface area contributed by atoms with Gasteiger partial charge < -0.3 is 9.47 Å². The Balaban J connectivity index is 2.28. The van der Waals surface area contributed by atoms with Gasteiger partial charge in [-0.25, -0.2) is 0 Å². The number of nitrogens with zero attached hydrogens (tertiary/aromatic N) is 1. The molecule has 128 valence electrons. The minimum Gasteiger partial charge on any atom is -0.490 e. The van der Waals surface area contributed by atoms with E-state index in [1.807, 2.05) is 20.8 Å². The van der Waals surface area contributed by atoms with Crippen molar-refractivity contribution in [1.29, 1.82) is 0 Å². The Morgan fingerprint density at radius 3 is 2.42 bits per heavy atom. The zero-order chi connectivity index (χ0) is 17.6. The van der Waals surface area contributed by atoms with Crippen molar-refractivity contribution in [3.63, 3.8) is 0 Å². The van der Waals surface area contributed by atoms with E-state index >= 15 is 0 Å². The highest BCUT2D eigenvalue weighted by atomic mass is 32.2. The summed E-state index contributed by atoms with van der Waals surface area (Å²) in [4.78, 5) is 0.158. The van der Waals surface area contributed by atoms with Gasteiger partial charge in [0.1, 0.15) is 0 Å². The Bertz CT molecular complexity index is 799. The van der Waals surface area contributed by atoms with Gasteiger partial charge >= 0.3 is 0 Å². The molecule has 2 aromatic carbocycles. The Labute approximate surface area is 143 Å². The summed E-state index contributed by atoms with van der Waals surface area (Å²) in [7, 11) is -3.72. The molecule has 0 aromatic heterocycles. The predicted molar refractivity (Wildman–Crippen MR) is 94.6 cm³/mol. The van der Waals surface area contributed by atoms with Gasteiger partial charge in [0.05, 0.1) is 17.6 Å². The summed E-state index contributed by atoms with van der Waals surface area (Å²) in [5.74, 6) is 1.18. The van der Waals surface area contributed by atoms with Crippen LogP contribution in [0, 0.1) is 0 Å². The summed E-state index contributed by atoms with van der Waals surface area (Å²) in [6.07, 6.45) is 1.33. The number of hydrogen-bond acceptors (Lipinski definition) is 4. The van der Waals surface area contributed by atoms with Crippen molar-refractivity contribution < 1.29 is 17.9 Å². The maximum atomic E-state index is 12.2. The highest BCUT2D eigenvalue weighted by Crippen LogP contribution is 2.29. The molecule has 0 aliphatic heterocycles. The minimum atomic E-state index is -3.72. The second-order valence-electron chi connectivity index (χ2n) is 5.33. The molecular formula is C18H21NO4S. The smallest absolute Gasteiger partial charge is 0.282 e. The van der Waals surface area contributed by atoms with Crippen LogP contribution in [-0.4, -0.2) is 27.3 Å². The Morgan fingerprint density at radius 2 is 1.79 bits per heavy atom. The van der Waals surface area contributed by atoms with Crippen LogP contribution in [0.4, 0.5) is 0 Å². The summed E-state index contributed by atoms with van der Waals surface area (Å²) < 4.78 is 39.3. The second kappa shape index (κ2) is 7.97. The second-order valence-corrected chi connectivity index (χ2v) is 6.96. The normalized spacial score (nSPS) is 11.8. The number of hydrogen-bond donors (Lipinski definition) is 0. The lowest BCUT2D eigenvalue weighted by Crippen LogP contribution is -2.07. The molecule has 0 N–H and O–H groups in total. The van der Waals surface area contributed by atoms with Crippen LogP contribution in [0.15, 0.2) is 57.8 Å². The summed E-state index contributed by atoms with van der Waals surface area (Å²) in [5.41, 5.74) is 0.620. The fourth-order valence-corrected chi connectivity index (χ4v) is 2.89. The van der Waals surface area contributed by atoms with Crippen LogP contribution >= 0.6 is 0 Å². The van der Waals surface area contributed by atoms with Crippen molar-refractivity contribution in [3.8, 4) is 11.5 Å². The minimum absolute atomic E-state index is 0.0159. The van der Waals surface area contributed by atoms with Crippen LogP contribution in [0.2, 0.25) is 0 Å². The van der Waals surface area contributed by atoms with E-state index in [9.17, 15) is 8.42 Å². The van der Waals surface area contributed by atoms with Gasteiger partial charge in [-0.05, 0) is 56.7 Å². The number of rotatable bonds is 7. The standard InChI is InChI=1S/C18H21NO4S/c1-4-22-18-12-15(10-11-17(18)23-14(2)3)13-19-24(20,21)16-8-6-5-7-9-16/h5-14H,4H2,1-3H3/b19-13-. The van der Waals surface area contributed by atoms with Gasteiger partial charge in [0.2, 0.25) is 0 Å².